The molecule has 0 fully saturated rings. The summed E-state index contributed by atoms with van der Waals surface area (Å²) in [5, 5.41) is 2.84. The van der Waals surface area contributed by atoms with Crippen molar-refractivity contribution in [2.75, 3.05) is 13.6 Å². The number of likely N-dealkylation sites (N-methyl/N-ethyl adjacent to an activating group) is 1. The number of Topliss-reactive ketones (excluding diaryl/α,β-unsaturated/α-hetero) is 1. The Morgan fingerprint density at radius 1 is 1.58 bits per heavy atom. The summed E-state index contributed by atoms with van der Waals surface area (Å²) < 4.78 is 0. The molecule has 1 rings (SSSR count). The number of aromatic amines is 1. The topological polar surface area (TPSA) is 44.9 Å². The molecule has 1 aromatic heterocycles. The van der Waals surface area contributed by atoms with Gasteiger partial charge < -0.3 is 10.3 Å². The SMILES string of the molecule is CNCC(=O)c1cc(C)[nH]c1C. The zero-order chi connectivity index (χ0) is 9.14. The molecule has 66 valence electrons. The van der Waals surface area contributed by atoms with E-state index in [2.05, 4.69) is 10.3 Å². The van der Waals surface area contributed by atoms with Crippen LogP contribution in [0, 0.1) is 13.8 Å². The predicted molar refractivity (Wildman–Crippen MR) is 48.5 cm³/mol. The van der Waals surface area contributed by atoms with E-state index in [0.29, 0.717) is 6.54 Å². The summed E-state index contributed by atoms with van der Waals surface area (Å²) in [6.07, 6.45) is 0. The maximum absolute atomic E-state index is 11.4. The van der Waals surface area contributed by atoms with Crippen molar-refractivity contribution in [3.63, 3.8) is 0 Å². The molecule has 0 atom stereocenters. The molecule has 0 spiro atoms. The summed E-state index contributed by atoms with van der Waals surface area (Å²) in [6.45, 7) is 4.26. The second kappa shape index (κ2) is 3.54. The summed E-state index contributed by atoms with van der Waals surface area (Å²) in [5.74, 6) is 0.138. The number of rotatable bonds is 3. The van der Waals surface area contributed by atoms with Crippen molar-refractivity contribution in [1.82, 2.24) is 10.3 Å². The predicted octanol–water partition coefficient (Wildman–Crippen LogP) is 1.03. The Hall–Kier alpha value is -1.09. The van der Waals surface area contributed by atoms with E-state index >= 15 is 0 Å². The lowest BCUT2D eigenvalue weighted by Gasteiger charge is -1.96. The minimum Gasteiger partial charge on any atom is -0.362 e. The molecule has 12 heavy (non-hydrogen) atoms. The van der Waals surface area contributed by atoms with Gasteiger partial charge in [-0.15, -0.1) is 0 Å². The van der Waals surface area contributed by atoms with Crippen LogP contribution in [-0.2, 0) is 0 Å². The van der Waals surface area contributed by atoms with Gasteiger partial charge in [-0.3, -0.25) is 4.79 Å². The lowest BCUT2D eigenvalue weighted by atomic mass is 10.1. The van der Waals surface area contributed by atoms with E-state index in [1.54, 1.807) is 7.05 Å². The van der Waals surface area contributed by atoms with Gasteiger partial charge in [0, 0.05) is 17.0 Å². The summed E-state index contributed by atoms with van der Waals surface area (Å²) in [4.78, 5) is 14.5. The van der Waals surface area contributed by atoms with Gasteiger partial charge in [0.05, 0.1) is 6.54 Å². The van der Waals surface area contributed by atoms with Gasteiger partial charge in [-0.2, -0.15) is 0 Å². The second-order valence-electron chi connectivity index (χ2n) is 2.94. The Morgan fingerprint density at radius 2 is 2.25 bits per heavy atom. The average Bonchev–Trinajstić information content (AvgIpc) is 2.30. The fraction of sp³-hybridized carbons (Fsp3) is 0.444. The number of aryl methyl sites for hydroxylation is 2. The fourth-order valence-corrected chi connectivity index (χ4v) is 1.27. The number of hydrogen-bond acceptors (Lipinski definition) is 2. The van der Waals surface area contributed by atoms with Crippen molar-refractivity contribution in [3.8, 4) is 0 Å². The zero-order valence-corrected chi connectivity index (χ0v) is 7.69. The highest BCUT2D eigenvalue weighted by molar-refractivity contribution is 5.98. The van der Waals surface area contributed by atoms with E-state index in [1.807, 2.05) is 19.9 Å². The molecule has 0 aliphatic carbocycles. The van der Waals surface area contributed by atoms with Gasteiger partial charge in [0.2, 0.25) is 0 Å². The van der Waals surface area contributed by atoms with Crippen molar-refractivity contribution in [2.24, 2.45) is 0 Å². The minimum atomic E-state index is 0.138. The van der Waals surface area contributed by atoms with Gasteiger partial charge in [-0.1, -0.05) is 0 Å². The second-order valence-corrected chi connectivity index (χ2v) is 2.94. The molecule has 3 heteroatoms. The van der Waals surface area contributed by atoms with E-state index in [0.717, 1.165) is 17.0 Å². The molecule has 0 aliphatic rings. The van der Waals surface area contributed by atoms with Crippen LogP contribution in [0.1, 0.15) is 21.7 Å². The molecule has 0 aromatic carbocycles. The molecule has 0 saturated heterocycles. The van der Waals surface area contributed by atoms with Crippen LogP contribution in [0.5, 0.6) is 0 Å². The summed E-state index contributed by atoms with van der Waals surface area (Å²) in [5.41, 5.74) is 2.78. The number of carbonyl (C=O) groups excluding carboxylic acids is 1. The van der Waals surface area contributed by atoms with Gasteiger partial charge in [0.25, 0.3) is 0 Å². The highest BCUT2D eigenvalue weighted by Crippen LogP contribution is 2.09. The monoisotopic (exact) mass is 166 g/mol. The van der Waals surface area contributed by atoms with Gasteiger partial charge in [-0.05, 0) is 27.0 Å². The van der Waals surface area contributed by atoms with Crippen molar-refractivity contribution in [2.45, 2.75) is 13.8 Å². The molecule has 1 aromatic rings. The van der Waals surface area contributed by atoms with Crippen molar-refractivity contribution < 1.29 is 4.79 Å². The summed E-state index contributed by atoms with van der Waals surface area (Å²) >= 11 is 0. The first-order chi connectivity index (χ1) is 5.65. The van der Waals surface area contributed by atoms with Gasteiger partial charge in [0.1, 0.15) is 0 Å². The van der Waals surface area contributed by atoms with Crippen molar-refractivity contribution >= 4 is 5.78 Å². The Kier molecular flexibility index (Phi) is 2.65. The Labute approximate surface area is 72.2 Å². The quantitative estimate of drug-likeness (QED) is 0.659. The first kappa shape index (κ1) is 9.00. The van der Waals surface area contributed by atoms with Crippen LogP contribution >= 0.6 is 0 Å². The molecular formula is C9H14N2O. The van der Waals surface area contributed by atoms with E-state index in [4.69, 9.17) is 0 Å². The van der Waals surface area contributed by atoms with E-state index in [-0.39, 0.29) is 5.78 Å². The van der Waals surface area contributed by atoms with Crippen LogP contribution < -0.4 is 5.32 Å². The highest BCUT2D eigenvalue weighted by Gasteiger charge is 2.09. The van der Waals surface area contributed by atoms with E-state index < -0.39 is 0 Å². The number of H-pyrrole nitrogens is 1. The Bertz CT molecular complexity index is 289. The third-order valence-corrected chi connectivity index (χ3v) is 1.79. The molecule has 0 radical (unpaired) electrons. The van der Waals surface area contributed by atoms with Crippen molar-refractivity contribution in [3.05, 3.63) is 23.0 Å². The maximum atomic E-state index is 11.4. The third-order valence-electron chi connectivity index (χ3n) is 1.79. The summed E-state index contributed by atoms with van der Waals surface area (Å²) in [6, 6.07) is 1.88. The lowest BCUT2D eigenvalue weighted by molar-refractivity contribution is 0.0993. The van der Waals surface area contributed by atoms with E-state index in [1.165, 1.54) is 0 Å². The molecule has 1 heterocycles. The minimum absolute atomic E-state index is 0.138. The van der Waals surface area contributed by atoms with Crippen LogP contribution in [0.4, 0.5) is 0 Å². The van der Waals surface area contributed by atoms with Crippen molar-refractivity contribution in [1.29, 1.82) is 0 Å². The lowest BCUT2D eigenvalue weighted by Crippen LogP contribution is -2.18. The molecule has 0 aliphatic heterocycles. The molecule has 0 unspecified atom stereocenters. The van der Waals surface area contributed by atoms with Gasteiger partial charge in [-0.25, -0.2) is 0 Å². The summed E-state index contributed by atoms with van der Waals surface area (Å²) in [7, 11) is 1.77. The highest BCUT2D eigenvalue weighted by atomic mass is 16.1. The third kappa shape index (κ3) is 1.74. The number of aromatic nitrogens is 1. The maximum Gasteiger partial charge on any atom is 0.178 e. The smallest absolute Gasteiger partial charge is 0.178 e. The van der Waals surface area contributed by atoms with E-state index in [9.17, 15) is 4.79 Å². The Morgan fingerprint density at radius 3 is 2.67 bits per heavy atom. The molecule has 3 nitrogen and oxygen atoms in total. The van der Waals surface area contributed by atoms with Crippen LogP contribution in [0.25, 0.3) is 0 Å². The number of carbonyl (C=O) groups is 1. The molecule has 0 saturated carbocycles. The molecular weight excluding hydrogens is 152 g/mol. The normalized spacial score (nSPS) is 10.2. The number of ketones is 1. The fourth-order valence-electron chi connectivity index (χ4n) is 1.27. The first-order valence-corrected chi connectivity index (χ1v) is 3.99. The van der Waals surface area contributed by atoms with Crippen LogP contribution in [0.3, 0.4) is 0 Å². The zero-order valence-electron chi connectivity index (χ0n) is 7.69. The average molecular weight is 166 g/mol. The molecule has 0 amide bonds. The largest absolute Gasteiger partial charge is 0.362 e. The molecule has 0 bridgehead atoms. The standard InChI is InChI=1S/C9H14N2O/c1-6-4-8(7(2)11-6)9(12)5-10-3/h4,10-11H,5H2,1-3H3. The number of hydrogen-bond donors (Lipinski definition) is 2. The first-order valence-electron chi connectivity index (χ1n) is 3.99. The van der Waals surface area contributed by atoms with Gasteiger partial charge >= 0.3 is 0 Å². The van der Waals surface area contributed by atoms with Crippen LogP contribution in [-0.4, -0.2) is 24.4 Å². The number of nitrogens with one attached hydrogen (secondary N) is 2. The van der Waals surface area contributed by atoms with Gasteiger partial charge in [0.15, 0.2) is 5.78 Å². The van der Waals surface area contributed by atoms with Crippen LogP contribution in [0.2, 0.25) is 0 Å². The molecule has 2 N–H and O–H groups in total. The van der Waals surface area contributed by atoms with Crippen LogP contribution in [0.15, 0.2) is 6.07 Å². The Balaban J connectivity index is 2.87.